The third kappa shape index (κ3) is 5.15. The van der Waals surface area contributed by atoms with E-state index in [1.165, 1.54) is 50.3 Å². The molecule has 2 unspecified atom stereocenters. The van der Waals surface area contributed by atoms with Gasteiger partial charge in [0.2, 0.25) is 0 Å². The van der Waals surface area contributed by atoms with Crippen molar-refractivity contribution in [1.29, 1.82) is 0 Å². The lowest BCUT2D eigenvalue weighted by Gasteiger charge is -2.37. The molecule has 1 aliphatic carbocycles. The maximum Gasteiger partial charge on any atom is 0.417 e. The molecule has 0 amide bonds. The smallest absolute Gasteiger partial charge is 0.366 e. The minimum absolute atomic E-state index is 0.0970. The first-order chi connectivity index (χ1) is 18.1. The number of alkyl halides is 3. The van der Waals surface area contributed by atoms with Crippen molar-refractivity contribution in [3.05, 3.63) is 75.9 Å². The summed E-state index contributed by atoms with van der Waals surface area (Å²) in [5.74, 6) is 5.02. The number of rotatable bonds is 5. The molecule has 0 spiro atoms. The summed E-state index contributed by atoms with van der Waals surface area (Å²) in [5, 5.41) is 0. The Balaban J connectivity index is 1.44. The Bertz CT molecular complexity index is 1350. The number of carbonyl (C=O) groups is 2. The second-order valence-electron chi connectivity index (χ2n) is 10.7. The second kappa shape index (κ2) is 10.4. The summed E-state index contributed by atoms with van der Waals surface area (Å²) in [6.07, 6.45) is 2.77. The van der Waals surface area contributed by atoms with Crippen LogP contribution in [0.5, 0.6) is 0 Å². The molecule has 198 valence electrons. The van der Waals surface area contributed by atoms with Gasteiger partial charge in [-0.15, -0.1) is 0 Å². The Morgan fingerprint density at radius 3 is 2.50 bits per heavy atom. The van der Waals surface area contributed by atoms with Crippen LogP contribution in [0.1, 0.15) is 64.7 Å². The molecule has 38 heavy (non-hydrogen) atoms. The topological polar surface area (TPSA) is 40.6 Å². The predicted molar refractivity (Wildman–Crippen MR) is 141 cm³/mol. The zero-order chi connectivity index (χ0) is 27.0. The number of hydrogen-bond acceptors (Lipinski definition) is 4. The van der Waals surface area contributed by atoms with E-state index in [0.717, 1.165) is 17.3 Å². The van der Waals surface area contributed by atoms with Crippen LogP contribution in [0.15, 0.2) is 48.0 Å². The van der Waals surface area contributed by atoms with Crippen molar-refractivity contribution in [3.63, 3.8) is 0 Å². The van der Waals surface area contributed by atoms with Crippen molar-refractivity contribution in [2.24, 2.45) is 0 Å². The highest BCUT2D eigenvalue weighted by molar-refractivity contribution is 6.28. The minimum atomic E-state index is -4.68. The maximum atomic E-state index is 13.6. The van der Waals surface area contributed by atoms with Gasteiger partial charge < -0.3 is 4.90 Å². The zero-order valence-electron chi connectivity index (χ0n) is 21.7. The van der Waals surface area contributed by atoms with Gasteiger partial charge in [-0.25, -0.2) is 0 Å². The van der Waals surface area contributed by atoms with Crippen LogP contribution in [0.25, 0.3) is 0 Å². The van der Waals surface area contributed by atoms with E-state index in [-0.39, 0.29) is 24.0 Å². The van der Waals surface area contributed by atoms with Crippen LogP contribution in [0.2, 0.25) is 0 Å². The Kier molecular flexibility index (Phi) is 7.19. The van der Waals surface area contributed by atoms with E-state index in [1.54, 1.807) is 0 Å². The molecule has 7 heteroatoms. The SMILES string of the molecule is CN(C)CC#Cc1cc(N2C3CCCC2CC3)ccc1CC(=O)C1=CCc2cccc(C(F)(F)F)c2C1=O. The summed E-state index contributed by atoms with van der Waals surface area (Å²) in [7, 11) is 3.85. The lowest BCUT2D eigenvalue weighted by atomic mass is 9.84. The number of anilines is 1. The van der Waals surface area contributed by atoms with E-state index in [0.29, 0.717) is 24.2 Å². The summed E-state index contributed by atoms with van der Waals surface area (Å²) in [5.41, 5.74) is 1.21. The molecule has 4 nitrogen and oxygen atoms in total. The molecule has 0 aromatic heterocycles. The number of hydrogen-bond donors (Lipinski definition) is 0. The fourth-order valence-electron chi connectivity index (χ4n) is 6.05. The summed E-state index contributed by atoms with van der Waals surface area (Å²) < 4.78 is 40.9. The van der Waals surface area contributed by atoms with Crippen LogP contribution in [-0.2, 0) is 23.8 Å². The number of halogens is 3. The third-order valence-corrected chi connectivity index (χ3v) is 7.81. The molecule has 2 bridgehead atoms. The molecular weight excluding hydrogens is 489 g/mol. The number of Topliss-reactive ketones (excluding diaryl/α,β-unsaturated/α-hetero) is 2. The van der Waals surface area contributed by atoms with E-state index in [2.05, 4.69) is 16.7 Å². The monoisotopic (exact) mass is 520 g/mol. The second-order valence-corrected chi connectivity index (χ2v) is 10.7. The van der Waals surface area contributed by atoms with Crippen molar-refractivity contribution in [2.45, 2.75) is 63.2 Å². The standard InChI is InChI=1S/C31H31F3N2O2/c1-35(2)17-5-7-21-18-25(36-23-8-4-9-24(36)15-14-23)13-11-22(21)19-28(37)26-16-12-20-6-3-10-27(31(32,33)34)29(20)30(26)38/h3,6,10-11,13,16,18,23-24H,4,8-9,12,14-15,17,19H2,1-2H3. The predicted octanol–water partition coefficient (Wildman–Crippen LogP) is 5.62. The van der Waals surface area contributed by atoms with E-state index in [1.807, 2.05) is 37.2 Å². The van der Waals surface area contributed by atoms with Gasteiger partial charge in [-0.3, -0.25) is 14.5 Å². The quantitative estimate of drug-likeness (QED) is 0.379. The molecule has 5 rings (SSSR count). The van der Waals surface area contributed by atoms with E-state index >= 15 is 0 Å². The van der Waals surface area contributed by atoms with Crippen LogP contribution >= 0.6 is 0 Å². The largest absolute Gasteiger partial charge is 0.417 e. The van der Waals surface area contributed by atoms with Gasteiger partial charge in [-0.05, 0) is 81.9 Å². The van der Waals surface area contributed by atoms with E-state index < -0.39 is 28.9 Å². The van der Waals surface area contributed by atoms with Crippen LogP contribution in [0.3, 0.4) is 0 Å². The van der Waals surface area contributed by atoms with E-state index in [9.17, 15) is 22.8 Å². The first-order valence-electron chi connectivity index (χ1n) is 13.2. The van der Waals surface area contributed by atoms with Crippen LogP contribution in [-0.4, -0.2) is 49.2 Å². The average molecular weight is 521 g/mol. The lowest BCUT2D eigenvalue weighted by Crippen LogP contribution is -2.39. The van der Waals surface area contributed by atoms with Crippen LogP contribution in [0.4, 0.5) is 18.9 Å². The number of benzene rings is 2. The van der Waals surface area contributed by atoms with Crippen molar-refractivity contribution < 1.29 is 22.8 Å². The summed E-state index contributed by atoms with van der Waals surface area (Å²) in [6, 6.07) is 10.7. The van der Waals surface area contributed by atoms with Crippen molar-refractivity contribution in [1.82, 2.24) is 4.90 Å². The Hall–Kier alpha value is -3.37. The molecule has 2 heterocycles. The average Bonchev–Trinajstić information content (AvgIpc) is 3.11. The van der Waals surface area contributed by atoms with Crippen LogP contribution in [0, 0.1) is 11.8 Å². The van der Waals surface area contributed by atoms with Gasteiger partial charge in [0.05, 0.1) is 17.7 Å². The highest BCUT2D eigenvalue weighted by Gasteiger charge is 2.39. The van der Waals surface area contributed by atoms with E-state index in [4.69, 9.17) is 0 Å². The van der Waals surface area contributed by atoms with Crippen molar-refractivity contribution >= 4 is 17.3 Å². The number of allylic oxidation sites excluding steroid dienone is 2. The zero-order valence-corrected chi connectivity index (χ0v) is 21.7. The Morgan fingerprint density at radius 2 is 1.82 bits per heavy atom. The highest BCUT2D eigenvalue weighted by Crippen LogP contribution is 2.40. The Labute approximate surface area is 221 Å². The van der Waals surface area contributed by atoms with Crippen molar-refractivity contribution in [2.75, 3.05) is 25.5 Å². The molecule has 2 aromatic carbocycles. The molecule has 2 aromatic rings. The van der Waals surface area contributed by atoms with Gasteiger partial charge in [-0.1, -0.05) is 36.1 Å². The molecule has 2 aliphatic heterocycles. The fourth-order valence-corrected chi connectivity index (χ4v) is 6.05. The number of nitrogens with zero attached hydrogens (tertiary/aromatic N) is 2. The van der Waals surface area contributed by atoms with Crippen LogP contribution < -0.4 is 4.90 Å². The molecule has 2 atom stereocenters. The number of carbonyl (C=O) groups excluding carboxylic acids is 2. The normalized spacial score (nSPS) is 20.6. The van der Waals surface area contributed by atoms with Gasteiger partial charge in [-0.2, -0.15) is 13.2 Å². The fraction of sp³-hybridized carbons (Fsp3) is 0.419. The first-order valence-corrected chi connectivity index (χ1v) is 13.2. The van der Waals surface area contributed by atoms with Gasteiger partial charge in [0, 0.05) is 35.3 Å². The summed E-state index contributed by atoms with van der Waals surface area (Å²) >= 11 is 0. The molecular formula is C31H31F3N2O2. The maximum absolute atomic E-state index is 13.6. The van der Waals surface area contributed by atoms with Crippen molar-refractivity contribution in [3.8, 4) is 11.8 Å². The lowest BCUT2D eigenvalue weighted by molar-refractivity contribution is -0.138. The molecule has 0 saturated carbocycles. The van der Waals surface area contributed by atoms with Gasteiger partial charge >= 0.3 is 6.18 Å². The number of fused-ring (bicyclic) bond motifs is 3. The van der Waals surface area contributed by atoms with Gasteiger partial charge in [0.25, 0.3) is 0 Å². The Morgan fingerprint density at radius 1 is 1.08 bits per heavy atom. The molecule has 2 saturated heterocycles. The highest BCUT2D eigenvalue weighted by atomic mass is 19.4. The third-order valence-electron chi connectivity index (χ3n) is 7.81. The molecule has 0 N–H and O–H groups in total. The molecule has 0 radical (unpaired) electrons. The summed E-state index contributed by atoms with van der Waals surface area (Å²) in [4.78, 5) is 31.0. The van der Waals surface area contributed by atoms with Gasteiger partial charge in [0.1, 0.15) is 0 Å². The first kappa shape index (κ1) is 26.2. The number of piperidine rings is 1. The molecule has 3 aliphatic rings. The minimum Gasteiger partial charge on any atom is -0.366 e. The van der Waals surface area contributed by atoms with Gasteiger partial charge in [0.15, 0.2) is 11.6 Å². The summed E-state index contributed by atoms with van der Waals surface area (Å²) in [6.45, 7) is 0.549. The number of ketones is 2. The molecule has 2 fully saturated rings.